The molecule has 0 aromatic heterocycles. The summed E-state index contributed by atoms with van der Waals surface area (Å²) in [6, 6.07) is 0.176. The Balaban J connectivity index is 1.35. The van der Waals surface area contributed by atoms with Crippen molar-refractivity contribution in [3.05, 3.63) is 0 Å². The van der Waals surface area contributed by atoms with Crippen LogP contribution in [0, 0.1) is 23.7 Å². The third-order valence-electron chi connectivity index (χ3n) is 5.60. The smallest absolute Gasteiger partial charge is 0.223 e. The second-order valence-electron chi connectivity index (χ2n) is 6.68. The fraction of sp³-hybridized carbons (Fsp3) is 0.929. The van der Waals surface area contributed by atoms with E-state index < -0.39 is 0 Å². The number of hydrogen-bond donors (Lipinski definition) is 2. The zero-order valence-corrected chi connectivity index (χ0v) is 10.7. The number of nitrogens with two attached hydrogens (primary N) is 1. The van der Waals surface area contributed by atoms with Crippen LogP contribution in [0.25, 0.3) is 0 Å². The van der Waals surface area contributed by atoms with Crippen molar-refractivity contribution >= 4 is 5.91 Å². The molecule has 4 heteroatoms. The SMILES string of the molecule is NC1C2CCCOC2C1NC(=O)C1CC2CC2C1. The van der Waals surface area contributed by atoms with Gasteiger partial charge in [-0.05, 0) is 43.9 Å². The average molecular weight is 250 g/mol. The van der Waals surface area contributed by atoms with Gasteiger partial charge in [0.05, 0.1) is 12.1 Å². The minimum absolute atomic E-state index is 0.0692. The first-order chi connectivity index (χ1) is 8.74. The predicted octanol–water partition coefficient (Wildman–Crippen LogP) is 0.653. The van der Waals surface area contributed by atoms with E-state index in [9.17, 15) is 4.79 Å². The maximum Gasteiger partial charge on any atom is 0.223 e. The predicted molar refractivity (Wildman–Crippen MR) is 66.7 cm³/mol. The van der Waals surface area contributed by atoms with Crippen molar-refractivity contribution in [1.82, 2.24) is 5.32 Å². The molecule has 0 aromatic rings. The lowest BCUT2D eigenvalue weighted by Gasteiger charge is -2.52. The quantitative estimate of drug-likeness (QED) is 0.756. The van der Waals surface area contributed by atoms with E-state index in [1.54, 1.807) is 0 Å². The molecule has 4 fully saturated rings. The number of nitrogens with one attached hydrogen (secondary N) is 1. The number of ether oxygens (including phenoxy) is 1. The van der Waals surface area contributed by atoms with Gasteiger partial charge in [0, 0.05) is 24.5 Å². The molecule has 4 rings (SSSR count). The van der Waals surface area contributed by atoms with Crippen molar-refractivity contribution < 1.29 is 9.53 Å². The Morgan fingerprint density at radius 2 is 2.00 bits per heavy atom. The number of hydrogen-bond acceptors (Lipinski definition) is 3. The van der Waals surface area contributed by atoms with E-state index in [1.165, 1.54) is 6.42 Å². The molecule has 1 saturated heterocycles. The molecule has 3 N–H and O–H groups in total. The summed E-state index contributed by atoms with van der Waals surface area (Å²) in [4.78, 5) is 12.2. The topological polar surface area (TPSA) is 64.3 Å². The Bertz CT molecular complexity index is 363. The average Bonchev–Trinajstić information content (AvgIpc) is 3.01. The van der Waals surface area contributed by atoms with Crippen LogP contribution < -0.4 is 11.1 Å². The highest BCUT2D eigenvalue weighted by Gasteiger charge is 2.53. The molecule has 1 amide bonds. The molecular formula is C14H22N2O2. The second kappa shape index (κ2) is 3.94. The first-order valence-electron chi connectivity index (χ1n) is 7.41. The Morgan fingerprint density at radius 1 is 1.22 bits per heavy atom. The van der Waals surface area contributed by atoms with Crippen molar-refractivity contribution in [3.8, 4) is 0 Å². The second-order valence-corrected chi connectivity index (χ2v) is 6.68. The molecule has 18 heavy (non-hydrogen) atoms. The number of carbonyl (C=O) groups excluding carboxylic acids is 1. The Hall–Kier alpha value is -0.610. The van der Waals surface area contributed by atoms with Gasteiger partial charge in [0.2, 0.25) is 5.91 Å². The van der Waals surface area contributed by atoms with Gasteiger partial charge in [-0.15, -0.1) is 0 Å². The third-order valence-corrected chi connectivity index (χ3v) is 5.60. The highest BCUT2D eigenvalue weighted by Crippen LogP contribution is 2.54. The molecule has 0 spiro atoms. The minimum Gasteiger partial charge on any atom is -0.376 e. The van der Waals surface area contributed by atoms with E-state index >= 15 is 0 Å². The van der Waals surface area contributed by atoms with E-state index in [4.69, 9.17) is 10.5 Å². The number of amides is 1. The fourth-order valence-electron chi connectivity index (χ4n) is 4.34. The lowest BCUT2D eigenvalue weighted by Crippen LogP contribution is -2.72. The molecule has 6 unspecified atom stereocenters. The standard InChI is InChI=1S/C14H22N2O2/c15-11-10-2-1-3-18-13(10)12(11)16-14(17)9-5-7-4-8(7)6-9/h7-13H,1-6,15H2,(H,16,17). The summed E-state index contributed by atoms with van der Waals surface area (Å²) in [7, 11) is 0. The highest BCUT2D eigenvalue weighted by atomic mass is 16.5. The molecule has 4 aliphatic rings. The number of rotatable bonds is 2. The van der Waals surface area contributed by atoms with Gasteiger partial charge in [-0.1, -0.05) is 0 Å². The summed E-state index contributed by atoms with van der Waals surface area (Å²) < 4.78 is 5.76. The molecule has 3 saturated carbocycles. The normalized spacial score (nSPS) is 53.1. The monoisotopic (exact) mass is 250 g/mol. The highest BCUT2D eigenvalue weighted by molar-refractivity contribution is 5.80. The van der Waals surface area contributed by atoms with Gasteiger partial charge < -0.3 is 15.8 Å². The first-order valence-corrected chi connectivity index (χ1v) is 7.41. The van der Waals surface area contributed by atoms with Gasteiger partial charge in [0.1, 0.15) is 0 Å². The molecular weight excluding hydrogens is 228 g/mol. The van der Waals surface area contributed by atoms with Gasteiger partial charge >= 0.3 is 0 Å². The first kappa shape index (κ1) is 11.2. The summed E-state index contributed by atoms with van der Waals surface area (Å²) in [5.41, 5.74) is 6.17. The van der Waals surface area contributed by atoms with Gasteiger partial charge in [-0.25, -0.2) is 0 Å². The summed E-state index contributed by atoms with van der Waals surface area (Å²) in [6.07, 6.45) is 6.03. The third kappa shape index (κ3) is 1.62. The van der Waals surface area contributed by atoms with Crippen molar-refractivity contribution in [2.75, 3.05) is 6.61 Å². The molecule has 1 aliphatic heterocycles. The van der Waals surface area contributed by atoms with Crippen LogP contribution in [0.15, 0.2) is 0 Å². The van der Waals surface area contributed by atoms with Crippen LogP contribution in [0.4, 0.5) is 0 Å². The van der Waals surface area contributed by atoms with E-state index in [0.717, 1.165) is 44.1 Å². The van der Waals surface area contributed by atoms with Crippen molar-refractivity contribution in [2.45, 2.75) is 50.3 Å². The maximum atomic E-state index is 12.2. The molecule has 0 bridgehead atoms. The van der Waals surface area contributed by atoms with Gasteiger partial charge in [-0.2, -0.15) is 0 Å². The van der Waals surface area contributed by atoms with Crippen LogP contribution >= 0.6 is 0 Å². The van der Waals surface area contributed by atoms with Gasteiger partial charge in [0.15, 0.2) is 0 Å². The van der Waals surface area contributed by atoms with E-state index in [0.29, 0.717) is 5.92 Å². The Morgan fingerprint density at radius 3 is 2.78 bits per heavy atom. The number of carbonyl (C=O) groups is 1. The summed E-state index contributed by atoms with van der Waals surface area (Å²) in [5.74, 6) is 2.67. The number of fused-ring (bicyclic) bond motifs is 2. The minimum atomic E-state index is 0.0692. The van der Waals surface area contributed by atoms with E-state index in [-0.39, 0.29) is 30.0 Å². The van der Waals surface area contributed by atoms with Crippen LogP contribution in [0.1, 0.15) is 32.1 Å². The molecule has 1 heterocycles. The van der Waals surface area contributed by atoms with Crippen LogP contribution in [0.2, 0.25) is 0 Å². The summed E-state index contributed by atoms with van der Waals surface area (Å²) in [6.45, 7) is 0.827. The molecule has 4 nitrogen and oxygen atoms in total. The van der Waals surface area contributed by atoms with Crippen molar-refractivity contribution in [1.29, 1.82) is 0 Å². The summed E-state index contributed by atoms with van der Waals surface area (Å²) >= 11 is 0. The van der Waals surface area contributed by atoms with Crippen molar-refractivity contribution in [2.24, 2.45) is 29.4 Å². The van der Waals surface area contributed by atoms with Gasteiger partial charge in [0.25, 0.3) is 0 Å². The van der Waals surface area contributed by atoms with Crippen molar-refractivity contribution in [3.63, 3.8) is 0 Å². The Kier molecular flexibility index (Phi) is 2.46. The van der Waals surface area contributed by atoms with Crippen LogP contribution in [-0.4, -0.2) is 30.7 Å². The van der Waals surface area contributed by atoms with E-state index in [2.05, 4.69) is 5.32 Å². The zero-order valence-electron chi connectivity index (χ0n) is 10.7. The summed E-state index contributed by atoms with van der Waals surface area (Å²) in [5, 5.41) is 3.16. The fourth-order valence-corrected chi connectivity index (χ4v) is 4.34. The lowest BCUT2D eigenvalue weighted by molar-refractivity contribution is -0.142. The van der Waals surface area contributed by atoms with Crippen LogP contribution in [-0.2, 0) is 9.53 Å². The van der Waals surface area contributed by atoms with E-state index in [1.807, 2.05) is 0 Å². The molecule has 6 atom stereocenters. The Labute approximate surface area is 108 Å². The van der Waals surface area contributed by atoms with Crippen LogP contribution in [0.3, 0.4) is 0 Å². The molecule has 0 aromatic carbocycles. The maximum absolute atomic E-state index is 12.2. The van der Waals surface area contributed by atoms with Gasteiger partial charge in [-0.3, -0.25) is 4.79 Å². The largest absolute Gasteiger partial charge is 0.376 e. The lowest BCUT2D eigenvalue weighted by atomic mass is 9.68. The molecule has 100 valence electrons. The molecule has 3 aliphatic carbocycles. The molecule has 0 radical (unpaired) electrons. The zero-order chi connectivity index (χ0) is 12.3. The van der Waals surface area contributed by atoms with Crippen LogP contribution in [0.5, 0.6) is 0 Å².